The van der Waals surface area contributed by atoms with E-state index in [-0.39, 0.29) is 11.7 Å². The molecule has 0 aliphatic carbocycles. The van der Waals surface area contributed by atoms with Crippen LogP contribution in [0.4, 0.5) is 0 Å². The Morgan fingerprint density at radius 1 is 1.33 bits per heavy atom. The van der Waals surface area contributed by atoms with E-state index in [4.69, 9.17) is 15.7 Å². The number of hydrazine groups is 1. The van der Waals surface area contributed by atoms with Crippen LogP contribution >= 0.6 is 0 Å². The average molecular weight is 298 g/mol. The first-order valence-electron chi connectivity index (χ1n) is 7.66. The highest BCUT2D eigenvalue weighted by Crippen LogP contribution is 2.32. The lowest BCUT2D eigenvalue weighted by molar-refractivity contribution is -0.140. The maximum Gasteiger partial charge on any atom is 0.248 e. The molecule has 0 aromatic carbocycles. The summed E-state index contributed by atoms with van der Waals surface area (Å²) in [5.41, 5.74) is 7.87. The molecule has 2 aliphatic heterocycles. The number of ether oxygens (including phenoxy) is 1. The van der Waals surface area contributed by atoms with E-state index in [1.165, 1.54) is 6.42 Å². The number of nitrogens with one attached hydrogen (secondary N) is 1. The maximum absolute atomic E-state index is 12.8. The molecule has 2 fully saturated rings. The maximum atomic E-state index is 12.8. The van der Waals surface area contributed by atoms with E-state index >= 15 is 0 Å². The van der Waals surface area contributed by atoms with Gasteiger partial charge in [-0.2, -0.15) is 0 Å². The zero-order valence-electron chi connectivity index (χ0n) is 12.8. The molecule has 0 saturated carbocycles. The molecule has 2 rings (SSSR count). The number of amidine groups is 1. The van der Waals surface area contributed by atoms with Gasteiger partial charge in [-0.25, -0.2) is 5.01 Å². The fourth-order valence-corrected chi connectivity index (χ4v) is 3.28. The Balaban J connectivity index is 2.15. The number of carbonyl (C=O) groups excluding carboxylic acids is 1. The predicted molar refractivity (Wildman–Crippen MR) is 78.7 cm³/mol. The summed E-state index contributed by atoms with van der Waals surface area (Å²) in [4.78, 5) is 12.8. The molecule has 0 spiro atoms. The van der Waals surface area contributed by atoms with Gasteiger partial charge in [-0.1, -0.05) is 11.6 Å². The summed E-state index contributed by atoms with van der Waals surface area (Å²) in [6.07, 6.45) is 4.17. The number of hydrogen-bond acceptors (Lipinski definition) is 5. The molecule has 2 saturated heterocycles. The summed E-state index contributed by atoms with van der Waals surface area (Å²) in [7, 11) is 0. The lowest BCUT2D eigenvalue weighted by Gasteiger charge is -2.42. The van der Waals surface area contributed by atoms with E-state index in [1.807, 2.05) is 5.01 Å². The molecule has 2 aliphatic rings. The van der Waals surface area contributed by atoms with Crippen molar-refractivity contribution in [1.29, 1.82) is 0 Å². The fourth-order valence-electron chi connectivity index (χ4n) is 3.28. The van der Waals surface area contributed by atoms with Crippen molar-refractivity contribution in [1.82, 2.24) is 10.4 Å². The van der Waals surface area contributed by atoms with Crippen molar-refractivity contribution in [3.63, 3.8) is 0 Å². The van der Waals surface area contributed by atoms with Crippen LogP contribution in [0.3, 0.4) is 0 Å². The molecule has 7 heteroatoms. The zero-order valence-corrected chi connectivity index (χ0v) is 12.8. The Morgan fingerprint density at radius 2 is 1.90 bits per heavy atom. The van der Waals surface area contributed by atoms with Crippen molar-refractivity contribution in [3.8, 4) is 0 Å². The number of rotatable bonds is 3. The second kappa shape index (κ2) is 6.62. The van der Waals surface area contributed by atoms with Crippen LogP contribution in [-0.4, -0.2) is 47.3 Å². The molecule has 0 radical (unpaired) electrons. The highest BCUT2D eigenvalue weighted by Gasteiger charge is 2.45. The first-order valence-corrected chi connectivity index (χ1v) is 7.66. The van der Waals surface area contributed by atoms with Crippen LogP contribution in [0.1, 0.15) is 46.0 Å². The third-order valence-electron chi connectivity index (χ3n) is 4.80. The van der Waals surface area contributed by atoms with Gasteiger partial charge >= 0.3 is 0 Å². The van der Waals surface area contributed by atoms with Gasteiger partial charge in [0, 0.05) is 25.3 Å². The van der Waals surface area contributed by atoms with Gasteiger partial charge < -0.3 is 15.7 Å². The van der Waals surface area contributed by atoms with Crippen LogP contribution < -0.4 is 11.2 Å². The van der Waals surface area contributed by atoms with Gasteiger partial charge in [0.25, 0.3) is 0 Å². The molecule has 2 heterocycles. The van der Waals surface area contributed by atoms with Crippen LogP contribution in [0.2, 0.25) is 0 Å². The minimum Gasteiger partial charge on any atom is -0.409 e. The van der Waals surface area contributed by atoms with Crippen molar-refractivity contribution in [2.24, 2.45) is 16.3 Å². The molecule has 1 amide bonds. The number of piperidine rings is 1. The van der Waals surface area contributed by atoms with Crippen LogP contribution in [0, 0.1) is 5.41 Å². The van der Waals surface area contributed by atoms with Crippen molar-refractivity contribution in [2.45, 2.75) is 58.0 Å². The molecule has 7 nitrogen and oxygen atoms in total. The van der Waals surface area contributed by atoms with E-state index in [0.29, 0.717) is 38.1 Å². The molecule has 0 aromatic rings. The van der Waals surface area contributed by atoms with Gasteiger partial charge in [-0.05, 0) is 39.5 Å². The van der Waals surface area contributed by atoms with Crippen molar-refractivity contribution < 1.29 is 14.7 Å². The molecule has 2 atom stereocenters. The van der Waals surface area contributed by atoms with E-state index < -0.39 is 5.41 Å². The van der Waals surface area contributed by atoms with E-state index in [9.17, 15) is 4.79 Å². The molecule has 0 bridgehead atoms. The Labute approximate surface area is 125 Å². The summed E-state index contributed by atoms with van der Waals surface area (Å²) in [5, 5.41) is 14.1. The first-order chi connectivity index (χ1) is 10.0. The number of amides is 1. The second-order valence-electron chi connectivity index (χ2n) is 6.16. The monoisotopic (exact) mass is 298 g/mol. The standard InChI is InChI=1S/C14H26N4O3/c1-10-4-3-5-11(2)18(10)16-13(19)14(12(15)17-20)6-8-21-9-7-14/h10-11,20H,3-9H2,1-2H3,(H2,15,17)(H,16,19). The third kappa shape index (κ3) is 3.13. The Kier molecular flexibility index (Phi) is 5.05. The van der Waals surface area contributed by atoms with Gasteiger partial charge in [0.1, 0.15) is 5.41 Å². The first kappa shape index (κ1) is 16.0. The highest BCUT2D eigenvalue weighted by atomic mass is 16.5. The van der Waals surface area contributed by atoms with Gasteiger partial charge in [-0.3, -0.25) is 10.2 Å². The minimum absolute atomic E-state index is 0.0272. The summed E-state index contributed by atoms with van der Waals surface area (Å²) in [6.45, 7) is 5.09. The zero-order chi connectivity index (χ0) is 15.5. The molecular formula is C14H26N4O3. The Bertz CT molecular complexity index is 397. The van der Waals surface area contributed by atoms with Gasteiger partial charge in [0.05, 0.1) is 0 Å². The summed E-state index contributed by atoms with van der Waals surface area (Å²) in [6, 6.07) is 0.587. The predicted octanol–water partition coefficient (Wildman–Crippen LogP) is 0.824. The Hall–Kier alpha value is -1.34. The normalized spacial score (nSPS) is 30.9. The molecule has 4 N–H and O–H groups in total. The van der Waals surface area contributed by atoms with E-state index in [0.717, 1.165) is 12.8 Å². The van der Waals surface area contributed by atoms with Gasteiger partial charge in [-0.15, -0.1) is 0 Å². The average Bonchev–Trinajstić information content (AvgIpc) is 2.50. The van der Waals surface area contributed by atoms with Crippen LogP contribution in [-0.2, 0) is 9.53 Å². The minimum atomic E-state index is -0.968. The number of nitrogens with two attached hydrogens (primary N) is 1. The largest absolute Gasteiger partial charge is 0.409 e. The highest BCUT2D eigenvalue weighted by molar-refractivity contribution is 6.06. The summed E-state index contributed by atoms with van der Waals surface area (Å²) < 4.78 is 5.32. The molecule has 21 heavy (non-hydrogen) atoms. The van der Waals surface area contributed by atoms with Gasteiger partial charge in [0.15, 0.2) is 5.84 Å². The van der Waals surface area contributed by atoms with Crippen LogP contribution in [0.5, 0.6) is 0 Å². The van der Waals surface area contributed by atoms with E-state index in [2.05, 4.69) is 24.4 Å². The Morgan fingerprint density at radius 3 is 2.43 bits per heavy atom. The topological polar surface area (TPSA) is 100 Å². The third-order valence-corrected chi connectivity index (χ3v) is 4.80. The van der Waals surface area contributed by atoms with Crippen LogP contribution in [0.15, 0.2) is 5.16 Å². The van der Waals surface area contributed by atoms with Crippen molar-refractivity contribution in [3.05, 3.63) is 0 Å². The number of carbonyl (C=O) groups is 1. The molecular weight excluding hydrogens is 272 g/mol. The number of nitrogens with zero attached hydrogens (tertiary/aromatic N) is 2. The second-order valence-corrected chi connectivity index (χ2v) is 6.16. The van der Waals surface area contributed by atoms with Crippen molar-refractivity contribution >= 4 is 11.7 Å². The quantitative estimate of drug-likeness (QED) is 0.310. The lowest BCUT2D eigenvalue weighted by Crippen LogP contribution is -2.61. The SMILES string of the molecule is CC1CCCC(C)N1NC(=O)C1(C(N)=NO)CCOCC1. The van der Waals surface area contributed by atoms with Crippen LogP contribution in [0.25, 0.3) is 0 Å². The summed E-state index contributed by atoms with van der Waals surface area (Å²) >= 11 is 0. The molecule has 0 aromatic heterocycles. The lowest BCUT2D eigenvalue weighted by atomic mass is 9.78. The molecule has 120 valence electrons. The molecule has 2 unspecified atom stereocenters. The number of hydrogen-bond donors (Lipinski definition) is 3. The van der Waals surface area contributed by atoms with E-state index in [1.54, 1.807) is 0 Å². The van der Waals surface area contributed by atoms with Crippen molar-refractivity contribution in [2.75, 3.05) is 13.2 Å². The smallest absolute Gasteiger partial charge is 0.248 e. The number of oxime groups is 1. The summed E-state index contributed by atoms with van der Waals surface area (Å²) in [5.74, 6) is -0.220. The fraction of sp³-hybridized carbons (Fsp3) is 0.857. The van der Waals surface area contributed by atoms with Gasteiger partial charge in [0.2, 0.25) is 5.91 Å².